The Morgan fingerprint density at radius 2 is 2.14 bits per heavy atom. The van der Waals surface area contributed by atoms with Gasteiger partial charge in [0.25, 0.3) is 0 Å². The molecule has 0 unspecified atom stereocenters. The van der Waals surface area contributed by atoms with Crippen molar-refractivity contribution in [1.29, 1.82) is 0 Å². The lowest BCUT2D eigenvalue weighted by molar-refractivity contribution is 0.416. The second-order valence-electron chi connectivity index (χ2n) is 3.04. The van der Waals surface area contributed by atoms with Gasteiger partial charge in [0.15, 0.2) is 0 Å². The monoisotopic (exact) mass is 187 g/mol. The van der Waals surface area contributed by atoms with Crippen LogP contribution in [0.1, 0.15) is 5.56 Å². The molecule has 3 nitrogen and oxygen atoms in total. The number of H-pyrrole nitrogens is 1. The summed E-state index contributed by atoms with van der Waals surface area (Å²) in [6.07, 6.45) is 2.86. The number of benzene rings is 1. The molecule has 0 spiro atoms. The molecule has 1 aromatic carbocycles. The number of ether oxygens (including phenoxy) is 1. The molecule has 0 bridgehead atoms. The topological polar surface area (TPSA) is 37.9 Å². The third-order valence-corrected chi connectivity index (χ3v) is 2.14. The standard InChI is InChI=1S/C11H11N2O/c1-8-7-12-13-11(8)9-5-3-4-6-10(9)14-2/h3-6H,1-2H3,(H,12,13). The van der Waals surface area contributed by atoms with Crippen LogP contribution in [-0.4, -0.2) is 17.3 Å². The minimum Gasteiger partial charge on any atom is -0.496 e. The van der Waals surface area contributed by atoms with Gasteiger partial charge in [-0.15, -0.1) is 0 Å². The molecule has 0 aliphatic rings. The minimum absolute atomic E-state index is 0.841. The normalized spacial score (nSPS) is 10.1. The van der Waals surface area contributed by atoms with E-state index in [1.54, 1.807) is 7.11 Å². The van der Waals surface area contributed by atoms with Crippen LogP contribution in [-0.2, 0) is 0 Å². The molecule has 1 heterocycles. The number of hydrogen-bond donors (Lipinski definition) is 1. The van der Waals surface area contributed by atoms with Crippen molar-refractivity contribution in [1.82, 2.24) is 10.2 Å². The van der Waals surface area contributed by atoms with Crippen LogP contribution < -0.4 is 4.74 Å². The Labute approximate surface area is 82.7 Å². The van der Waals surface area contributed by atoms with Gasteiger partial charge >= 0.3 is 0 Å². The predicted octanol–water partition coefficient (Wildman–Crippen LogP) is 2.19. The van der Waals surface area contributed by atoms with Gasteiger partial charge in [0.2, 0.25) is 0 Å². The maximum Gasteiger partial charge on any atom is 0.128 e. The summed E-state index contributed by atoms with van der Waals surface area (Å²) in [7, 11) is 1.66. The van der Waals surface area contributed by atoms with Crippen LogP contribution in [0.25, 0.3) is 11.3 Å². The number of aromatic amines is 1. The van der Waals surface area contributed by atoms with Crippen molar-refractivity contribution in [3.05, 3.63) is 36.0 Å². The number of nitrogens with one attached hydrogen (secondary N) is 1. The largest absolute Gasteiger partial charge is 0.496 e. The van der Waals surface area contributed by atoms with E-state index in [4.69, 9.17) is 4.74 Å². The molecule has 0 atom stereocenters. The van der Waals surface area contributed by atoms with Gasteiger partial charge in [0.1, 0.15) is 11.9 Å². The molecular formula is C11H11N2O. The van der Waals surface area contributed by atoms with Crippen molar-refractivity contribution >= 4 is 0 Å². The Kier molecular flexibility index (Phi) is 2.23. The molecule has 0 amide bonds. The van der Waals surface area contributed by atoms with Crippen LogP contribution >= 0.6 is 0 Å². The van der Waals surface area contributed by atoms with Crippen LogP contribution in [0.15, 0.2) is 24.3 Å². The zero-order chi connectivity index (χ0) is 9.97. The summed E-state index contributed by atoms with van der Waals surface area (Å²) in [5.74, 6) is 0.841. The number of para-hydroxylation sites is 1. The average Bonchev–Trinajstić information content (AvgIpc) is 2.64. The summed E-state index contributed by atoms with van der Waals surface area (Å²) in [6.45, 7) is 1.96. The van der Waals surface area contributed by atoms with Crippen molar-refractivity contribution < 1.29 is 4.74 Å². The second kappa shape index (κ2) is 3.54. The minimum atomic E-state index is 0.841. The van der Waals surface area contributed by atoms with Crippen molar-refractivity contribution in [2.75, 3.05) is 7.11 Å². The fraction of sp³-hybridized carbons (Fsp3) is 0.182. The zero-order valence-electron chi connectivity index (χ0n) is 8.16. The van der Waals surface area contributed by atoms with E-state index >= 15 is 0 Å². The van der Waals surface area contributed by atoms with Gasteiger partial charge in [0, 0.05) is 11.1 Å². The molecule has 3 heteroatoms. The maximum atomic E-state index is 5.26. The van der Waals surface area contributed by atoms with E-state index in [-0.39, 0.29) is 0 Å². The first kappa shape index (κ1) is 8.81. The van der Waals surface area contributed by atoms with Crippen molar-refractivity contribution in [3.63, 3.8) is 0 Å². The average molecular weight is 187 g/mol. The van der Waals surface area contributed by atoms with E-state index in [0.29, 0.717) is 0 Å². The quantitative estimate of drug-likeness (QED) is 0.782. The van der Waals surface area contributed by atoms with Crippen LogP contribution in [0.5, 0.6) is 5.75 Å². The highest BCUT2D eigenvalue weighted by Crippen LogP contribution is 2.29. The van der Waals surface area contributed by atoms with Crippen LogP contribution in [0.2, 0.25) is 0 Å². The van der Waals surface area contributed by atoms with E-state index in [9.17, 15) is 0 Å². The van der Waals surface area contributed by atoms with Gasteiger partial charge in [-0.3, -0.25) is 5.10 Å². The number of hydrogen-bond acceptors (Lipinski definition) is 2. The first-order valence-electron chi connectivity index (χ1n) is 4.39. The lowest BCUT2D eigenvalue weighted by Crippen LogP contribution is -1.88. The number of rotatable bonds is 2. The van der Waals surface area contributed by atoms with Crippen LogP contribution in [0.4, 0.5) is 0 Å². The molecule has 14 heavy (non-hydrogen) atoms. The van der Waals surface area contributed by atoms with Gasteiger partial charge in [0.05, 0.1) is 12.8 Å². The first-order chi connectivity index (χ1) is 6.83. The smallest absolute Gasteiger partial charge is 0.128 e. The van der Waals surface area contributed by atoms with Gasteiger partial charge in [-0.2, -0.15) is 5.10 Å². The van der Waals surface area contributed by atoms with E-state index in [2.05, 4.69) is 16.4 Å². The molecule has 0 aliphatic carbocycles. The van der Waals surface area contributed by atoms with Crippen LogP contribution in [0.3, 0.4) is 0 Å². The van der Waals surface area contributed by atoms with Crippen molar-refractivity contribution in [2.45, 2.75) is 6.92 Å². The summed E-state index contributed by atoms with van der Waals surface area (Å²) in [5, 5.41) is 6.78. The Hall–Kier alpha value is -1.77. The number of aryl methyl sites for hydroxylation is 1. The van der Waals surface area contributed by atoms with E-state index < -0.39 is 0 Å². The van der Waals surface area contributed by atoms with E-state index in [1.165, 1.54) is 0 Å². The Balaban J connectivity index is 2.56. The zero-order valence-corrected chi connectivity index (χ0v) is 8.16. The molecule has 0 saturated heterocycles. The number of methoxy groups -OCH3 is 1. The molecule has 1 radical (unpaired) electrons. The SMILES string of the molecule is COc1ccccc1-c1[nH]n[c]c1C. The fourth-order valence-corrected chi connectivity index (χ4v) is 1.42. The van der Waals surface area contributed by atoms with E-state index in [1.807, 2.05) is 31.2 Å². The summed E-state index contributed by atoms with van der Waals surface area (Å²) in [4.78, 5) is 0. The van der Waals surface area contributed by atoms with Crippen molar-refractivity contribution in [3.8, 4) is 17.0 Å². The molecule has 1 aromatic heterocycles. The van der Waals surface area contributed by atoms with Gasteiger partial charge in [-0.05, 0) is 19.1 Å². The van der Waals surface area contributed by atoms with E-state index in [0.717, 1.165) is 22.6 Å². The van der Waals surface area contributed by atoms with Crippen molar-refractivity contribution in [2.24, 2.45) is 0 Å². The summed E-state index contributed by atoms with van der Waals surface area (Å²) < 4.78 is 5.26. The molecule has 2 aromatic rings. The third kappa shape index (κ3) is 1.37. The number of nitrogens with zero attached hydrogens (tertiary/aromatic N) is 1. The maximum absolute atomic E-state index is 5.26. The lowest BCUT2D eigenvalue weighted by Gasteiger charge is -2.06. The predicted molar refractivity (Wildman–Crippen MR) is 54.1 cm³/mol. The van der Waals surface area contributed by atoms with Gasteiger partial charge in [-0.25, -0.2) is 0 Å². The highest BCUT2D eigenvalue weighted by Gasteiger charge is 2.08. The first-order valence-corrected chi connectivity index (χ1v) is 4.39. The Morgan fingerprint density at radius 3 is 2.79 bits per heavy atom. The highest BCUT2D eigenvalue weighted by atomic mass is 16.5. The van der Waals surface area contributed by atoms with Crippen LogP contribution in [0, 0.1) is 13.1 Å². The molecular weight excluding hydrogens is 176 g/mol. The Morgan fingerprint density at radius 1 is 1.36 bits per heavy atom. The lowest BCUT2D eigenvalue weighted by atomic mass is 10.1. The highest BCUT2D eigenvalue weighted by molar-refractivity contribution is 5.69. The summed E-state index contributed by atoms with van der Waals surface area (Å²) >= 11 is 0. The summed E-state index contributed by atoms with van der Waals surface area (Å²) in [6, 6.07) is 7.83. The molecule has 71 valence electrons. The molecule has 0 saturated carbocycles. The molecule has 2 rings (SSSR count). The Bertz CT molecular complexity index is 434. The second-order valence-corrected chi connectivity index (χ2v) is 3.04. The molecule has 1 N–H and O–H groups in total. The van der Waals surface area contributed by atoms with Gasteiger partial charge in [-0.1, -0.05) is 12.1 Å². The van der Waals surface area contributed by atoms with Gasteiger partial charge < -0.3 is 4.74 Å². The molecule has 0 fully saturated rings. The fourth-order valence-electron chi connectivity index (χ4n) is 1.42. The number of aromatic nitrogens is 2. The third-order valence-electron chi connectivity index (χ3n) is 2.14. The summed E-state index contributed by atoms with van der Waals surface area (Å²) in [5.41, 5.74) is 2.97. The molecule has 0 aliphatic heterocycles.